The first kappa shape index (κ1) is 4.45. The van der Waals surface area contributed by atoms with Crippen LogP contribution in [0.15, 0.2) is 30.5 Å². The monoisotopic (exact) mass is 127 g/mol. The standard InChI is InChI=1S/C9H5N/c1-2-6-7(3-1)9-8(6)4-5-10-9/h1-5H. The van der Waals surface area contributed by atoms with Crippen LogP contribution < -0.4 is 0 Å². The maximum absolute atomic E-state index is 4.22. The van der Waals surface area contributed by atoms with Crippen molar-refractivity contribution in [3.05, 3.63) is 30.5 Å². The summed E-state index contributed by atoms with van der Waals surface area (Å²) in [5.74, 6) is 0. The Kier molecular flexibility index (Phi) is 0.539. The van der Waals surface area contributed by atoms with Crippen LogP contribution in [0.1, 0.15) is 0 Å². The van der Waals surface area contributed by atoms with E-state index in [1.165, 1.54) is 22.4 Å². The Bertz CT molecular complexity index is 293. The molecule has 0 unspecified atom stereocenters. The number of nitrogens with zero attached hydrogens (tertiary/aromatic N) is 1. The van der Waals surface area contributed by atoms with Gasteiger partial charge in [0, 0.05) is 17.3 Å². The number of hydrogen-bond acceptors (Lipinski definition) is 1. The molecule has 46 valence electrons. The molecule has 0 aromatic heterocycles. The summed E-state index contributed by atoms with van der Waals surface area (Å²) in [5.41, 5.74) is 5.19. The van der Waals surface area contributed by atoms with Crippen LogP contribution in [0.25, 0.3) is 22.4 Å². The molecule has 0 aromatic rings. The zero-order chi connectivity index (χ0) is 6.55. The van der Waals surface area contributed by atoms with Crippen molar-refractivity contribution < 1.29 is 0 Å². The van der Waals surface area contributed by atoms with Crippen molar-refractivity contribution in [3.63, 3.8) is 0 Å². The molecular formula is C9H5N. The molecule has 1 aliphatic heterocycles. The van der Waals surface area contributed by atoms with Crippen molar-refractivity contribution >= 4 is 0 Å². The average molecular weight is 127 g/mol. The van der Waals surface area contributed by atoms with E-state index in [2.05, 4.69) is 29.2 Å². The Morgan fingerprint density at radius 3 is 2.80 bits per heavy atom. The van der Waals surface area contributed by atoms with E-state index < -0.39 is 0 Å². The van der Waals surface area contributed by atoms with E-state index in [4.69, 9.17) is 0 Å². The van der Waals surface area contributed by atoms with Crippen molar-refractivity contribution in [2.45, 2.75) is 0 Å². The molecule has 0 saturated carbocycles. The van der Waals surface area contributed by atoms with Gasteiger partial charge >= 0.3 is 0 Å². The Balaban J connectivity index is 2.54. The molecule has 0 spiro atoms. The number of rotatable bonds is 0. The van der Waals surface area contributed by atoms with Gasteiger partial charge in [0.15, 0.2) is 0 Å². The largest absolute Gasteiger partial charge is 0.256 e. The smallest absolute Gasteiger partial charge is 0.0787 e. The molecule has 0 atom stereocenters. The fourth-order valence-electron chi connectivity index (χ4n) is 1.57. The highest BCUT2D eigenvalue weighted by Gasteiger charge is 2.23. The van der Waals surface area contributed by atoms with Gasteiger partial charge in [0.05, 0.1) is 5.69 Å². The third kappa shape index (κ3) is 0.296. The fourth-order valence-corrected chi connectivity index (χ4v) is 1.57. The molecule has 3 rings (SSSR count). The van der Waals surface area contributed by atoms with Gasteiger partial charge in [-0.2, -0.15) is 0 Å². The first-order valence-electron chi connectivity index (χ1n) is 3.35. The topological polar surface area (TPSA) is 12.9 Å². The molecule has 0 amide bonds. The lowest BCUT2D eigenvalue weighted by molar-refractivity contribution is 1.40. The van der Waals surface area contributed by atoms with Crippen molar-refractivity contribution in [2.24, 2.45) is 0 Å². The van der Waals surface area contributed by atoms with Crippen LogP contribution in [0.4, 0.5) is 0 Å². The van der Waals surface area contributed by atoms with Crippen LogP contribution in [0, 0.1) is 0 Å². The summed E-state index contributed by atoms with van der Waals surface area (Å²) < 4.78 is 0. The van der Waals surface area contributed by atoms with Crippen LogP contribution in [-0.4, -0.2) is 4.98 Å². The maximum atomic E-state index is 4.22. The molecule has 1 heterocycles. The van der Waals surface area contributed by atoms with Crippen LogP contribution in [0.3, 0.4) is 0 Å². The molecule has 1 heteroatoms. The number of hydrogen-bond donors (Lipinski definition) is 0. The van der Waals surface area contributed by atoms with Gasteiger partial charge in [-0.3, -0.25) is 4.98 Å². The van der Waals surface area contributed by atoms with Gasteiger partial charge in [0.1, 0.15) is 0 Å². The summed E-state index contributed by atoms with van der Waals surface area (Å²) in [6, 6.07) is 8.40. The quantitative estimate of drug-likeness (QED) is 0.451. The molecule has 10 heavy (non-hydrogen) atoms. The summed E-state index contributed by atoms with van der Waals surface area (Å²) in [6.45, 7) is 0. The third-order valence-corrected chi connectivity index (χ3v) is 2.06. The van der Waals surface area contributed by atoms with Crippen molar-refractivity contribution in [2.75, 3.05) is 0 Å². The first-order chi connectivity index (χ1) is 4.97. The second-order valence-corrected chi connectivity index (χ2v) is 2.56. The lowest BCUT2D eigenvalue weighted by Gasteiger charge is -2.12. The normalized spacial score (nSPS) is 12.0. The van der Waals surface area contributed by atoms with Gasteiger partial charge in [-0.15, -0.1) is 0 Å². The Hall–Kier alpha value is -1.37. The van der Waals surface area contributed by atoms with Crippen LogP contribution in [-0.2, 0) is 0 Å². The zero-order valence-corrected chi connectivity index (χ0v) is 5.33. The average Bonchev–Trinajstić information content (AvgIpc) is 2.42. The van der Waals surface area contributed by atoms with E-state index >= 15 is 0 Å². The Morgan fingerprint density at radius 2 is 1.80 bits per heavy atom. The van der Waals surface area contributed by atoms with Crippen LogP contribution >= 0.6 is 0 Å². The predicted molar refractivity (Wildman–Crippen MR) is 39.9 cm³/mol. The van der Waals surface area contributed by atoms with Gasteiger partial charge < -0.3 is 0 Å². The predicted octanol–water partition coefficient (Wildman–Crippen LogP) is 2.17. The van der Waals surface area contributed by atoms with Crippen LogP contribution in [0.5, 0.6) is 0 Å². The molecular weight excluding hydrogens is 122 g/mol. The minimum Gasteiger partial charge on any atom is -0.256 e. The SMILES string of the molecule is c1cc2c3ccnc-3c-2c1. The molecule has 0 bridgehead atoms. The van der Waals surface area contributed by atoms with Gasteiger partial charge in [-0.05, 0) is 11.6 Å². The van der Waals surface area contributed by atoms with E-state index in [1.807, 2.05) is 6.20 Å². The van der Waals surface area contributed by atoms with Gasteiger partial charge in [0.2, 0.25) is 0 Å². The molecule has 0 aromatic carbocycles. The van der Waals surface area contributed by atoms with Gasteiger partial charge in [-0.25, -0.2) is 0 Å². The lowest BCUT2D eigenvalue weighted by Crippen LogP contribution is -1.90. The first-order valence-corrected chi connectivity index (χ1v) is 3.35. The number of aromatic nitrogens is 1. The van der Waals surface area contributed by atoms with Crippen molar-refractivity contribution in [3.8, 4) is 22.4 Å². The Labute approximate surface area is 58.7 Å². The van der Waals surface area contributed by atoms with E-state index in [0.29, 0.717) is 0 Å². The lowest BCUT2D eigenvalue weighted by atomic mass is 9.91. The van der Waals surface area contributed by atoms with E-state index in [9.17, 15) is 0 Å². The molecule has 1 nitrogen and oxygen atoms in total. The minimum absolute atomic E-state index is 1.18. The van der Waals surface area contributed by atoms with Gasteiger partial charge in [0.25, 0.3) is 0 Å². The van der Waals surface area contributed by atoms with Gasteiger partial charge in [-0.1, -0.05) is 18.2 Å². The molecule has 0 fully saturated rings. The highest BCUT2D eigenvalue weighted by Crippen LogP contribution is 2.46. The zero-order valence-electron chi connectivity index (χ0n) is 5.33. The summed E-state index contributed by atoms with van der Waals surface area (Å²) in [4.78, 5) is 4.22. The molecule has 2 aliphatic carbocycles. The molecule has 0 radical (unpaired) electrons. The van der Waals surface area contributed by atoms with E-state index in [0.717, 1.165) is 0 Å². The summed E-state index contributed by atoms with van der Waals surface area (Å²) >= 11 is 0. The molecule has 3 aliphatic rings. The summed E-state index contributed by atoms with van der Waals surface area (Å²) in [7, 11) is 0. The number of fused-ring (bicyclic) bond motifs is 4. The van der Waals surface area contributed by atoms with Crippen molar-refractivity contribution in [1.82, 2.24) is 4.98 Å². The second-order valence-electron chi connectivity index (χ2n) is 2.56. The molecule has 0 saturated heterocycles. The van der Waals surface area contributed by atoms with E-state index in [-0.39, 0.29) is 0 Å². The fraction of sp³-hybridized carbons (Fsp3) is 0. The Morgan fingerprint density at radius 1 is 0.900 bits per heavy atom. The second kappa shape index (κ2) is 1.21. The summed E-state index contributed by atoms with van der Waals surface area (Å²) in [6.07, 6.45) is 1.87. The highest BCUT2D eigenvalue weighted by atomic mass is 14.7. The molecule has 0 N–H and O–H groups in total. The van der Waals surface area contributed by atoms with Crippen molar-refractivity contribution in [1.29, 1.82) is 0 Å². The third-order valence-electron chi connectivity index (χ3n) is 2.06. The van der Waals surface area contributed by atoms with E-state index in [1.54, 1.807) is 0 Å². The maximum Gasteiger partial charge on any atom is 0.0787 e. The highest BCUT2D eigenvalue weighted by molar-refractivity contribution is 6.01. The minimum atomic E-state index is 1.18. The van der Waals surface area contributed by atoms with Crippen LogP contribution in [0.2, 0.25) is 0 Å². The summed E-state index contributed by atoms with van der Waals surface area (Å²) in [5, 5.41) is 0.